The summed E-state index contributed by atoms with van der Waals surface area (Å²) in [5, 5.41) is 16.2. The number of nitrogens with zero attached hydrogens (tertiary/aromatic N) is 1. The lowest BCUT2D eigenvalue weighted by Crippen LogP contribution is -2.42. The number of ketones is 1. The summed E-state index contributed by atoms with van der Waals surface area (Å²) >= 11 is 0. The Kier molecular flexibility index (Phi) is 8.52. The third-order valence-corrected chi connectivity index (χ3v) is 8.02. The fourth-order valence-corrected chi connectivity index (χ4v) is 6.04. The lowest BCUT2D eigenvalue weighted by Gasteiger charge is -2.38. The number of methoxy groups -OCH3 is 3. The van der Waals surface area contributed by atoms with Crippen LogP contribution in [0.1, 0.15) is 43.9 Å². The van der Waals surface area contributed by atoms with E-state index >= 15 is 0 Å². The quantitative estimate of drug-likeness (QED) is 0.307. The summed E-state index contributed by atoms with van der Waals surface area (Å²) in [6.07, 6.45) is 1.66. The van der Waals surface area contributed by atoms with E-state index in [0.717, 1.165) is 22.6 Å². The van der Waals surface area contributed by atoms with Crippen molar-refractivity contribution in [2.45, 2.75) is 39.2 Å². The molecule has 1 unspecified atom stereocenters. The number of benzene rings is 3. The maximum absolute atomic E-state index is 14.1. The van der Waals surface area contributed by atoms with E-state index in [4.69, 9.17) is 14.2 Å². The molecule has 0 saturated heterocycles. The van der Waals surface area contributed by atoms with Crippen molar-refractivity contribution in [1.82, 2.24) is 5.32 Å². The molecule has 0 saturated carbocycles. The number of Topliss-reactive ketones (excluding diaryl/α,β-unsaturated/α-hetero) is 1. The Hall–Kier alpha value is -4.66. The maximum Gasteiger partial charge on any atom is 0.239 e. The zero-order valence-electron chi connectivity index (χ0n) is 25.3. The molecule has 0 aromatic heterocycles. The third-order valence-electron chi connectivity index (χ3n) is 8.02. The lowest BCUT2D eigenvalue weighted by molar-refractivity contribution is -0.120. The summed E-state index contributed by atoms with van der Waals surface area (Å²) in [5.41, 5.74) is 4.52. The van der Waals surface area contributed by atoms with Crippen LogP contribution in [-0.4, -0.2) is 51.2 Å². The molecule has 3 N–H and O–H groups in total. The summed E-state index contributed by atoms with van der Waals surface area (Å²) in [6.45, 7) is 4.60. The molecule has 1 heterocycles. The highest BCUT2D eigenvalue weighted by Crippen LogP contribution is 2.51. The molecule has 9 heteroatoms. The summed E-state index contributed by atoms with van der Waals surface area (Å²) in [5.74, 6) is 1.54. The van der Waals surface area contributed by atoms with Crippen molar-refractivity contribution < 1.29 is 28.9 Å². The fourth-order valence-electron chi connectivity index (χ4n) is 6.04. The van der Waals surface area contributed by atoms with Crippen molar-refractivity contribution in [3.8, 4) is 23.0 Å². The van der Waals surface area contributed by atoms with Gasteiger partial charge in [0.25, 0.3) is 0 Å². The van der Waals surface area contributed by atoms with Crippen LogP contribution in [0.4, 0.5) is 11.4 Å². The first-order valence-electron chi connectivity index (χ1n) is 14.4. The van der Waals surface area contributed by atoms with Gasteiger partial charge in [-0.1, -0.05) is 38.1 Å². The maximum atomic E-state index is 14.1. The second-order valence-corrected chi connectivity index (χ2v) is 11.7. The van der Waals surface area contributed by atoms with Crippen LogP contribution < -0.4 is 29.7 Å². The van der Waals surface area contributed by atoms with Gasteiger partial charge in [0, 0.05) is 35.9 Å². The van der Waals surface area contributed by atoms with E-state index in [-0.39, 0.29) is 29.4 Å². The van der Waals surface area contributed by atoms with Gasteiger partial charge in [-0.15, -0.1) is 0 Å². The SMILES string of the molecule is COc1cc(OC)c(C2C3=C(CC(C)(C)CC3=O)Nc3ccccc3N2CC(=O)NCCc2ccc(O)cc2)cc1OC. The number of nitrogens with one attached hydrogen (secondary N) is 2. The predicted molar refractivity (Wildman–Crippen MR) is 166 cm³/mol. The number of carbonyl (C=O) groups is 2. The largest absolute Gasteiger partial charge is 0.508 e. The van der Waals surface area contributed by atoms with Gasteiger partial charge in [-0.25, -0.2) is 0 Å². The van der Waals surface area contributed by atoms with E-state index < -0.39 is 6.04 Å². The predicted octanol–water partition coefficient (Wildman–Crippen LogP) is 5.39. The van der Waals surface area contributed by atoms with Crippen molar-refractivity contribution in [3.05, 3.63) is 83.1 Å². The third kappa shape index (κ3) is 6.26. The van der Waals surface area contributed by atoms with Crippen LogP contribution in [0.5, 0.6) is 23.0 Å². The van der Waals surface area contributed by atoms with Gasteiger partial charge < -0.3 is 34.9 Å². The summed E-state index contributed by atoms with van der Waals surface area (Å²) in [6, 6.07) is 17.7. The summed E-state index contributed by atoms with van der Waals surface area (Å²) in [4.78, 5) is 29.6. The van der Waals surface area contributed by atoms with Gasteiger partial charge in [0.05, 0.1) is 45.3 Å². The Morgan fingerprint density at radius 3 is 2.35 bits per heavy atom. The van der Waals surface area contributed by atoms with Crippen molar-refractivity contribution in [2.75, 3.05) is 44.6 Å². The minimum absolute atomic E-state index is 0.0100. The van der Waals surface area contributed by atoms with Gasteiger partial charge in [-0.2, -0.15) is 0 Å². The molecular weight excluding hydrogens is 546 g/mol. The van der Waals surface area contributed by atoms with Gasteiger partial charge in [-0.3, -0.25) is 9.59 Å². The summed E-state index contributed by atoms with van der Waals surface area (Å²) < 4.78 is 17.1. The molecule has 9 nitrogen and oxygen atoms in total. The number of phenols is 1. The highest BCUT2D eigenvalue weighted by Gasteiger charge is 2.43. The Morgan fingerprint density at radius 2 is 1.65 bits per heavy atom. The molecule has 226 valence electrons. The minimum atomic E-state index is -0.646. The second-order valence-electron chi connectivity index (χ2n) is 11.7. The molecular formula is C34H39N3O6. The zero-order chi connectivity index (χ0) is 30.7. The van der Waals surface area contributed by atoms with Crippen LogP contribution in [0.3, 0.4) is 0 Å². The number of carbonyl (C=O) groups excluding carboxylic acids is 2. The highest BCUT2D eigenvalue weighted by atomic mass is 16.5. The van der Waals surface area contributed by atoms with Gasteiger partial charge in [0.1, 0.15) is 11.5 Å². The molecule has 1 amide bonds. The Balaban J connectivity index is 1.60. The van der Waals surface area contributed by atoms with Crippen LogP contribution in [0.15, 0.2) is 71.9 Å². The van der Waals surface area contributed by atoms with E-state index in [1.165, 1.54) is 0 Å². The number of aromatic hydroxyl groups is 1. The first kappa shape index (κ1) is 29.8. The van der Waals surface area contributed by atoms with Gasteiger partial charge >= 0.3 is 0 Å². The lowest BCUT2D eigenvalue weighted by atomic mass is 9.73. The zero-order valence-corrected chi connectivity index (χ0v) is 25.3. The van der Waals surface area contributed by atoms with E-state index in [1.54, 1.807) is 39.5 Å². The minimum Gasteiger partial charge on any atom is -0.508 e. The molecule has 1 atom stereocenters. The van der Waals surface area contributed by atoms with Crippen molar-refractivity contribution in [3.63, 3.8) is 0 Å². The van der Waals surface area contributed by atoms with Crippen LogP contribution in [0, 0.1) is 5.41 Å². The van der Waals surface area contributed by atoms with Crippen molar-refractivity contribution >= 4 is 23.1 Å². The number of amides is 1. The molecule has 3 aromatic carbocycles. The van der Waals surface area contributed by atoms with Crippen LogP contribution in [0.2, 0.25) is 0 Å². The van der Waals surface area contributed by atoms with E-state index in [1.807, 2.05) is 47.4 Å². The first-order chi connectivity index (χ1) is 20.6. The number of rotatable bonds is 9. The van der Waals surface area contributed by atoms with E-state index in [0.29, 0.717) is 54.2 Å². The van der Waals surface area contributed by atoms with Gasteiger partial charge in [-0.05, 0) is 54.2 Å². The standard InChI is InChI=1S/C34H39N3O6/c1-34(2)18-25-32(27(39)19-34)33(23-16-29(42-4)30(43-5)17-28(23)41-3)37(26-9-7-6-8-24(26)36-25)20-31(40)35-15-14-21-10-12-22(38)13-11-21/h6-13,16-17,33,36,38H,14-15,18-20H2,1-5H3,(H,35,40). The van der Waals surface area contributed by atoms with Gasteiger partial charge in [0.15, 0.2) is 17.3 Å². The topological polar surface area (TPSA) is 109 Å². The number of ether oxygens (including phenoxy) is 3. The van der Waals surface area contributed by atoms with Crippen LogP contribution in [0.25, 0.3) is 0 Å². The van der Waals surface area contributed by atoms with Gasteiger partial charge in [0.2, 0.25) is 5.91 Å². The Bertz CT molecular complexity index is 1550. The molecule has 1 aliphatic carbocycles. The van der Waals surface area contributed by atoms with Crippen LogP contribution in [-0.2, 0) is 16.0 Å². The number of allylic oxidation sites excluding steroid dienone is 1. The van der Waals surface area contributed by atoms with Crippen molar-refractivity contribution in [2.24, 2.45) is 5.41 Å². The molecule has 5 rings (SSSR count). The monoisotopic (exact) mass is 585 g/mol. The number of hydrogen-bond acceptors (Lipinski definition) is 8. The number of para-hydroxylation sites is 2. The summed E-state index contributed by atoms with van der Waals surface area (Å²) in [7, 11) is 4.70. The molecule has 2 aliphatic rings. The molecule has 0 bridgehead atoms. The van der Waals surface area contributed by atoms with Crippen molar-refractivity contribution in [1.29, 1.82) is 0 Å². The smallest absolute Gasteiger partial charge is 0.239 e. The number of hydrogen-bond donors (Lipinski definition) is 3. The highest BCUT2D eigenvalue weighted by molar-refractivity contribution is 6.02. The number of phenolic OH excluding ortho intramolecular Hbond substituents is 1. The molecule has 3 aromatic rings. The normalized spacial score (nSPS) is 17.3. The molecule has 0 fully saturated rings. The Morgan fingerprint density at radius 1 is 0.977 bits per heavy atom. The molecule has 0 spiro atoms. The number of anilines is 2. The number of fused-ring (bicyclic) bond motifs is 1. The van der Waals surface area contributed by atoms with E-state index in [2.05, 4.69) is 24.5 Å². The average molecular weight is 586 g/mol. The second kappa shape index (κ2) is 12.3. The Labute approximate surface area is 252 Å². The first-order valence-corrected chi connectivity index (χ1v) is 14.4. The fraction of sp³-hybridized carbons (Fsp3) is 0.353. The van der Waals surface area contributed by atoms with Crippen LogP contribution >= 0.6 is 0 Å². The molecule has 0 radical (unpaired) electrons. The molecule has 43 heavy (non-hydrogen) atoms. The molecule has 1 aliphatic heterocycles. The average Bonchev–Trinajstić information content (AvgIpc) is 3.11. The van der Waals surface area contributed by atoms with E-state index in [9.17, 15) is 14.7 Å².